The maximum Gasteiger partial charge on any atom is 0.0684 e. The Balaban J connectivity index is 1.71. The molecule has 1 atom stereocenters. The first-order chi connectivity index (χ1) is 10.6. The number of aliphatic hydroxyl groups is 1. The van der Waals surface area contributed by atoms with E-state index in [9.17, 15) is 5.11 Å². The SMILES string of the molecule is OCC1(C(NCc2ncc(Cl)cc2Br)C2CC2)CCOCC1. The number of ether oxygens (including phenoxy) is 1. The molecule has 0 aromatic carbocycles. The highest BCUT2D eigenvalue weighted by atomic mass is 79.9. The summed E-state index contributed by atoms with van der Waals surface area (Å²) in [6.45, 7) is 2.39. The fourth-order valence-electron chi connectivity index (χ4n) is 3.44. The topological polar surface area (TPSA) is 54.4 Å². The lowest BCUT2D eigenvalue weighted by atomic mass is 9.72. The van der Waals surface area contributed by atoms with Crippen LogP contribution in [-0.4, -0.2) is 36.0 Å². The maximum atomic E-state index is 10.0. The van der Waals surface area contributed by atoms with Gasteiger partial charge in [-0.15, -0.1) is 0 Å². The van der Waals surface area contributed by atoms with Gasteiger partial charge in [0, 0.05) is 41.9 Å². The van der Waals surface area contributed by atoms with Crippen molar-refractivity contribution >= 4 is 27.5 Å². The van der Waals surface area contributed by atoms with Crippen molar-refractivity contribution in [3.63, 3.8) is 0 Å². The van der Waals surface area contributed by atoms with Crippen LogP contribution in [0.4, 0.5) is 0 Å². The fraction of sp³-hybridized carbons (Fsp3) is 0.688. The predicted molar refractivity (Wildman–Crippen MR) is 89.9 cm³/mol. The van der Waals surface area contributed by atoms with Crippen LogP contribution in [-0.2, 0) is 11.3 Å². The smallest absolute Gasteiger partial charge is 0.0684 e. The van der Waals surface area contributed by atoms with Crippen LogP contribution in [0.2, 0.25) is 5.02 Å². The second kappa shape index (κ2) is 7.14. The summed E-state index contributed by atoms with van der Waals surface area (Å²) < 4.78 is 6.42. The molecular formula is C16H22BrClN2O2. The van der Waals surface area contributed by atoms with Crippen LogP contribution >= 0.6 is 27.5 Å². The zero-order chi connectivity index (χ0) is 15.6. The van der Waals surface area contributed by atoms with E-state index in [0.717, 1.165) is 36.2 Å². The number of nitrogens with one attached hydrogen (secondary N) is 1. The summed E-state index contributed by atoms with van der Waals surface area (Å²) in [4.78, 5) is 4.39. The second-order valence-corrected chi connectivity index (χ2v) is 7.70. The van der Waals surface area contributed by atoms with Gasteiger partial charge in [-0.3, -0.25) is 4.98 Å². The first kappa shape index (κ1) is 16.7. The van der Waals surface area contributed by atoms with E-state index in [4.69, 9.17) is 16.3 Å². The Kier molecular flexibility index (Phi) is 5.40. The highest BCUT2D eigenvalue weighted by Gasteiger charge is 2.46. The van der Waals surface area contributed by atoms with Gasteiger partial charge in [-0.25, -0.2) is 0 Å². The largest absolute Gasteiger partial charge is 0.396 e. The van der Waals surface area contributed by atoms with Gasteiger partial charge in [0.1, 0.15) is 0 Å². The van der Waals surface area contributed by atoms with Gasteiger partial charge in [-0.1, -0.05) is 11.6 Å². The van der Waals surface area contributed by atoms with Crippen molar-refractivity contribution in [2.75, 3.05) is 19.8 Å². The normalized spacial score (nSPS) is 22.5. The Morgan fingerprint density at radius 1 is 1.45 bits per heavy atom. The molecule has 0 spiro atoms. The van der Waals surface area contributed by atoms with E-state index >= 15 is 0 Å². The standard InChI is InChI=1S/C16H22BrClN2O2/c17-13-7-12(18)8-19-14(13)9-20-15(11-1-2-11)16(10-21)3-5-22-6-4-16/h7-8,11,15,20-21H,1-6,9-10H2. The molecule has 4 nitrogen and oxygen atoms in total. The molecule has 1 aromatic rings. The summed E-state index contributed by atoms with van der Waals surface area (Å²) >= 11 is 9.47. The van der Waals surface area contributed by atoms with Gasteiger partial charge in [0.15, 0.2) is 0 Å². The Hall–Kier alpha value is -0.200. The van der Waals surface area contributed by atoms with Crippen molar-refractivity contribution in [1.82, 2.24) is 10.3 Å². The molecular weight excluding hydrogens is 368 g/mol. The molecule has 1 unspecified atom stereocenters. The molecule has 0 amide bonds. The van der Waals surface area contributed by atoms with Gasteiger partial charge in [0.2, 0.25) is 0 Å². The van der Waals surface area contributed by atoms with Gasteiger partial charge >= 0.3 is 0 Å². The Morgan fingerprint density at radius 3 is 2.77 bits per heavy atom. The zero-order valence-electron chi connectivity index (χ0n) is 12.5. The molecule has 122 valence electrons. The summed E-state index contributed by atoms with van der Waals surface area (Å²) in [5.41, 5.74) is 0.897. The zero-order valence-corrected chi connectivity index (χ0v) is 14.9. The van der Waals surface area contributed by atoms with Crippen molar-refractivity contribution in [2.24, 2.45) is 11.3 Å². The molecule has 3 rings (SSSR count). The van der Waals surface area contributed by atoms with Crippen LogP contribution in [0.25, 0.3) is 0 Å². The fourth-order valence-corrected chi connectivity index (χ4v) is 4.22. The van der Waals surface area contributed by atoms with E-state index in [2.05, 4.69) is 26.2 Å². The van der Waals surface area contributed by atoms with Crippen molar-refractivity contribution < 1.29 is 9.84 Å². The summed E-state index contributed by atoms with van der Waals surface area (Å²) in [6, 6.07) is 2.19. The lowest BCUT2D eigenvalue weighted by Gasteiger charge is -2.43. The average Bonchev–Trinajstić information content (AvgIpc) is 3.35. The van der Waals surface area contributed by atoms with E-state index in [-0.39, 0.29) is 12.0 Å². The second-order valence-electron chi connectivity index (χ2n) is 6.41. The highest BCUT2D eigenvalue weighted by Crippen LogP contribution is 2.45. The van der Waals surface area contributed by atoms with Crippen LogP contribution in [0.5, 0.6) is 0 Å². The monoisotopic (exact) mass is 388 g/mol. The molecule has 1 aliphatic carbocycles. The number of aliphatic hydroxyl groups excluding tert-OH is 1. The Bertz CT molecular complexity index is 519. The van der Waals surface area contributed by atoms with E-state index < -0.39 is 0 Å². The van der Waals surface area contributed by atoms with Crippen molar-refractivity contribution in [1.29, 1.82) is 0 Å². The van der Waals surface area contributed by atoms with Crippen LogP contribution in [0.1, 0.15) is 31.4 Å². The average molecular weight is 390 g/mol. The molecule has 1 aliphatic heterocycles. The minimum absolute atomic E-state index is 0.0572. The maximum absolute atomic E-state index is 10.0. The third-order valence-corrected chi connectivity index (χ3v) is 5.82. The van der Waals surface area contributed by atoms with Crippen LogP contribution in [0.3, 0.4) is 0 Å². The van der Waals surface area contributed by atoms with Crippen LogP contribution in [0.15, 0.2) is 16.7 Å². The van der Waals surface area contributed by atoms with Crippen LogP contribution in [0, 0.1) is 11.3 Å². The number of aromatic nitrogens is 1. The van der Waals surface area contributed by atoms with Gasteiger partial charge in [-0.05, 0) is 53.6 Å². The summed E-state index contributed by atoms with van der Waals surface area (Å²) in [5.74, 6) is 0.663. The molecule has 0 bridgehead atoms. The van der Waals surface area contributed by atoms with E-state index in [1.165, 1.54) is 12.8 Å². The predicted octanol–water partition coefficient (Wildman–Crippen LogP) is 3.15. The molecule has 1 saturated carbocycles. The number of hydrogen-bond acceptors (Lipinski definition) is 4. The molecule has 6 heteroatoms. The Morgan fingerprint density at radius 2 is 2.18 bits per heavy atom. The molecule has 1 saturated heterocycles. The third kappa shape index (κ3) is 3.65. The first-order valence-electron chi connectivity index (χ1n) is 7.86. The number of rotatable bonds is 6. The third-order valence-electron chi connectivity index (χ3n) is 4.93. The van der Waals surface area contributed by atoms with Gasteiger partial charge in [0.25, 0.3) is 0 Å². The molecule has 2 aliphatic rings. The number of halogens is 2. The molecule has 22 heavy (non-hydrogen) atoms. The highest BCUT2D eigenvalue weighted by molar-refractivity contribution is 9.10. The van der Waals surface area contributed by atoms with E-state index in [1.54, 1.807) is 6.20 Å². The number of hydrogen-bond donors (Lipinski definition) is 2. The molecule has 0 radical (unpaired) electrons. The van der Waals surface area contributed by atoms with Crippen molar-refractivity contribution in [2.45, 2.75) is 38.3 Å². The lowest BCUT2D eigenvalue weighted by molar-refractivity contribution is -0.0423. The summed E-state index contributed by atoms with van der Waals surface area (Å²) in [5, 5.41) is 14.3. The van der Waals surface area contributed by atoms with Crippen molar-refractivity contribution in [3.8, 4) is 0 Å². The van der Waals surface area contributed by atoms with Gasteiger partial charge in [-0.2, -0.15) is 0 Å². The number of nitrogens with zero attached hydrogens (tertiary/aromatic N) is 1. The van der Waals surface area contributed by atoms with Crippen LogP contribution < -0.4 is 5.32 Å². The Labute approximate surface area is 144 Å². The number of pyridine rings is 1. The quantitative estimate of drug-likeness (QED) is 0.785. The molecule has 1 aromatic heterocycles. The van der Waals surface area contributed by atoms with E-state index in [1.807, 2.05) is 6.07 Å². The lowest BCUT2D eigenvalue weighted by Crippen LogP contribution is -2.51. The molecule has 2 heterocycles. The minimum Gasteiger partial charge on any atom is -0.396 e. The summed E-state index contributed by atoms with van der Waals surface area (Å²) in [7, 11) is 0. The summed E-state index contributed by atoms with van der Waals surface area (Å²) in [6.07, 6.45) is 6.01. The first-order valence-corrected chi connectivity index (χ1v) is 9.04. The minimum atomic E-state index is -0.0572. The molecule has 2 N–H and O–H groups in total. The molecule has 2 fully saturated rings. The van der Waals surface area contributed by atoms with E-state index in [0.29, 0.717) is 23.5 Å². The van der Waals surface area contributed by atoms with Gasteiger partial charge < -0.3 is 15.2 Å². The van der Waals surface area contributed by atoms with Gasteiger partial charge in [0.05, 0.1) is 17.3 Å². The van der Waals surface area contributed by atoms with Crippen molar-refractivity contribution in [3.05, 3.63) is 27.5 Å².